The Hall–Kier alpha value is -1.82. The van der Waals surface area contributed by atoms with Crippen LogP contribution in [0.5, 0.6) is 0 Å². The van der Waals surface area contributed by atoms with E-state index in [9.17, 15) is 18.0 Å². The molecule has 0 heterocycles. The first-order valence-electron chi connectivity index (χ1n) is 6.14. The number of halogens is 3. The summed E-state index contributed by atoms with van der Waals surface area (Å²) >= 11 is 0. The van der Waals surface area contributed by atoms with Crippen molar-refractivity contribution in [2.45, 2.75) is 19.6 Å². The van der Waals surface area contributed by atoms with Crippen molar-refractivity contribution < 1.29 is 22.7 Å². The minimum Gasteiger partial charge on any atom is -0.463 e. The van der Waals surface area contributed by atoms with E-state index in [1.165, 1.54) is 24.3 Å². The highest BCUT2D eigenvalue weighted by atomic mass is 19.4. The van der Waals surface area contributed by atoms with Gasteiger partial charge in [-0.05, 0) is 18.6 Å². The Morgan fingerprint density at radius 1 is 1.35 bits per heavy atom. The molecule has 0 unspecified atom stereocenters. The zero-order chi connectivity index (χ0) is 15.0. The first kappa shape index (κ1) is 16.2. The molecule has 0 saturated heterocycles. The molecule has 0 aromatic heterocycles. The van der Waals surface area contributed by atoms with E-state index >= 15 is 0 Å². The number of benzene rings is 1. The quantitative estimate of drug-likeness (QED) is 0.496. The number of hydrogen-bond donors (Lipinski definition) is 1. The van der Waals surface area contributed by atoms with Crippen LogP contribution in [-0.4, -0.2) is 19.1 Å². The number of carbonyl (C=O) groups is 1. The van der Waals surface area contributed by atoms with Crippen molar-refractivity contribution in [2.24, 2.45) is 0 Å². The van der Waals surface area contributed by atoms with Crippen LogP contribution in [0.3, 0.4) is 0 Å². The molecule has 20 heavy (non-hydrogen) atoms. The minimum absolute atomic E-state index is 0.0723. The van der Waals surface area contributed by atoms with Crippen LogP contribution in [0.1, 0.15) is 18.1 Å². The average molecular weight is 287 g/mol. The van der Waals surface area contributed by atoms with E-state index in [0.29, 0.717) is 0 Å². The Bertz CT molecular complexity index is 470. The molecule has 0 saturated carbocycles. The molecule has 0 atom stereocenters. The van der Waals surface area contributed by atoms with E-state index in [4.69, 9.17) is 0 Å². The maximum atomic E-state index is 12.7. The summed E-state index contributed by atoms with van der Waals surface area (Å²) in [6.07, 6.45) is -1.61. The molecule has 0 fully saturated rings. The van der Waals surface area contributed by atoms with Gasteiger partial charge in [0, 0.05) is 19.2 Å². The summed E-state index contributed by atoms with van der Waals surface area (Å²) in [7, 11) is 0. The lowest BCUT2D eigenvalue weighted by Crippen LogP contribution is -2.17. The van der Waals surface area contributed by atoms with Crippen LogP contribution in [0.4, 0.5) is 13.2 Å². The summed E-state index contributed by atoms with van der Waals surface area (Å²) in [4.78, 5) is 11.0. The third-order valence-corrected chi connectivity index (χ3v) is 2.44. The summed E-state index contributed by atoms with van der Waals surface area (Å²) in [6.45, 7) is 2.33. The molecule has 1 N–H and O–H groups in total. The van der Waals surface area contributed by atoms with Gasteiger partial charge in [0.15, 0.2) is 0 Å². The van der Waals surface area contributed by atoms with E-state index in [0.717, 1.165) is 6.07 Å². The lowest BCUT2D eigenvalue weighted by atomic mass is 10.1. The van der Waals surface area contributed by atoms with Crippen LogP contribution in [0.2, 0.25) is 0 Å². The van der Waals surface area contributed by atoms with Gasteiger partial charge in [0.05, 0.1) is 12.2 Å². The molecule has 0 spiro atoms. The maximum Gasteiger partial charge on any atom is 0.416 e. The van der Waals surface area contributed by atoms with E-state index in [1.807, 2.05) is 0 Å². The van der Waals surface area contributed by atoms with Crippen molar-refractivity contribution in [1.82, 2.24) is 5.32 Å². The number of nitrogens with one attached hydrogen (secondary N) is 1. The molecule has 0 bridgehead atoms. The Kier molecular flexibility index (Phi) is 6.24. The van der Waals surface area contributed by atoms with Gasteiger partial charge < -0.3 is 10.1 Å². The van der Waals surface area contributed by atoms with Gasteiger partial charge in [-0.2, -0.15) is 13.2 Å². The molecule has 1 rings (SSSR count). The second kappa shape index (κ2) is 7.69. The zero-order valence-corrected chi connectivity index (χ0v) is 11.0. The highest BCUT2D eigenvalue weighted by Gasteiger charge is 2.32. The molecule has 6 heteroatoms. The van der Waals surface area contributed by atoms with Gasteiger partial charge in [-0.3, -0.25) is 0 Å². The highest BCUT2D eigenvalue weighted by molar-refractivity contribution is 5.81. The molecule has 110 valence electrons. The molecule has 0 amide bonds. The van der Waals surface area contributed by atoms with Gasteiger partial charge in [-0.25, -0.2) is 4.79 Å². The Balaban J connectivity index is 2.49. The average Bonchev–Trinajstić information content (AvgIpc) is 2.38. The lowest BCUT2D eigenvalue weighted by molar-refractivity contribution is -0.138. The second-order valence-corrected chi connectivity index (χ2v) is 3.94. The van der Waals surface area contributed by atoms with Gasteiger partial charge in [-0.15, -0.1) is 0 Å². The highest BCUT2D eigenvalue weighted by Crippen LogP contribution is 2.31. The lowest BCUT2D eigenvalue weighted by Gasteiger charge is -2.12. The van der Waals surface area contributed by atoms with E-state index in [-0.39, 0.29) is 25.3 Å². The summed E-state index contributed by atoms with van der Waals surface area (Å²) < 4.78 is 42.8. The zero-order valence-electron chi connectivity index (χ0n) is 11.0. The van der Waals surface area contributed by atoms with Crippen molar-refractivity contribution in [3.63, 3.8) is 0 Å². The Morgan fingerprint density at radius 3 is 2.70 bits per heavy atom. The minimum atomic E-state index is -4.36. The first-order valence-corrected chi connectivity index (χ1v) is 6.14. The summed E-state index contributed by atoms with van der Waals surface area (Å²) in [6, 6.07) is 5.38. The van der Waals surface area contributed by atoms with E-state index in [2.05, 4.69) is 10.1 Å². The van der Waals surface area contributed by atoms with Crippen LogP contribution >= 0.6 is 0 Å². The first-order chi connectivity index (χ1) is 9.45. The molecular formula is C14H16F3NO2. The molecule has 0 aliphatic rings. The largest absolute Gasteiger partial charge is 0.463 e. The molecule has 1 aromatic carbocycles. The van der Waals surface area contributed by atoms with Crippen LogP contribution in [-0.2, 0) is 22.3 Å². The fraction of sp³-hybridized carbons (Fsp3) is 0.357. The van der Waals surface area contributed by atoms with Crippen molar-refractivity contribution in [1.29, 1.82) is 0 Å². The van der Waals surface area contributed by atoms with E-state index in [1.54, 1.807) is 13.0 Å². The van der Waals surface area contributed by atoms with Crippen LogP contribution in [0, 0.1) is 0 Å². The van der Waals surface area contributed by atoms with Gasteiger partial charge in [0.2, 0.25) is 0 Å². The fourth-order valence-corrected chi connectivity index (χ4v) is 1.59. The van der Waals surface area contributed by atoms with Gasteiger partial charge in [0.1, 0.15) is 0 Å². The van der Waals surface area contributed by atoms with Crippen LogP contribution in [0.25, 0.3) is 0 Å². The van der Waals surface area contributed by atoms with Gasteiger partial charge >= 0.3 is 12.1 Å². The number of rotatable bonds is 6. The number of esters is 1. The molecule has 0 radical (unpaired) electrons. The Morgan fingerprint density at radius 2 is 2.05 bits per heavy atom. The Labute approximate surface area is 115 Å². The normalized spacial score (nSPS) is 11.8. The molecule has 0 aliphatic heterocycles. The summed E-state index contributed by atoms with van der Waals surface area (Å²) in [5.41, 5.74) is -0.480. The monoisotopic (exact) mass is 287 g/mol. The second-order valence-electron chi connectivity index (χ2n) is 3.94. The van der Waals surface area contributed by atoms with Crippen LogP contribution in [0.15, 0.2) is 36.4 Å². The summed E-state index contributed by atoms with van der Waals surface area (Å²) in [5, 5.41) is 2.82. The molecular weight excluding hydrogens is 271 g/mol. The fourth-order valence-electron chi connectivity index (χ4n) is 1.59. The van der Waals surface area contributed by atoms with Crippen molar-refractivity contribution in [3.8, 4) is 0 Å². The smallest absolute Gasteiger partial charge is 0.416 e. The number of carbonyl (C=O) groups excluding carboxylic acids is 1. The predicted octanol–water partition coefficient (Wildman–Crippen LogP) is 2.91. The van der Waals surface area contributed by atoms with Crippen LogP contribution < -0.4 is 5.32 Å². The molecule has 3 nitrogen and oxygen atoms in total. The van der Waals surface area contributed by atoms with Gasteiger partial charge in [0.25, 0.3) is 0 Å². The SMILES string of the molecule is CCOC(=O)/C=C/CNCc1ccccc1C(F)(F)F. The number of hydrogen-bond acceptors (Lipinski definition) is 3. The molecule has 1 aromatic rings. The van der Waals surface area contributed by atoms with E-state index < -0.39 is 17.7 Å². The standard InChI is InChI=1S/C14H16F3NO2/c1-2-20-13(19)8-5-9-18-10-11-6-3-4-7-12(11)14(15,16)17/h3-8,18H,2,9-10H2,1H3/b8-5+. The maximum absolute atomic E-state index is 12.7. The summed E-state index contributed by atoms with van der Waals surface area (Å²) in [5.74, 6) is -0.468. The molecule has 0 aliphatic carbocycles. The topological polar surface area (TPSA) is 38.3 Å². The predicted molar refractivity (Wildman–Crippen MR) is 68.9 cm³/mol. The third-order valence-electron chi connectivity index (χ3n) is 2.44. The van der Waals surface area contributed by atoms with Gasteiger partial charge in [-0.1, -0.05) is 24.3 Å². The number of alkyl halides is 3. The van der Waals surface area contributed by atoms with Crippen molar-refractivity contribution >= 4 is 5.97 Å². The third kappa shape index (κ3) is 5.44. The van der Waals surface area contributed by atoms with Crippen molar-refractivity contribution in [3.05, 3.63) is 47.5 Å². The number of ether oxygens (including phenoxy) is 1. The van der Waals surface area contributed by atoms with Crippen molar-refractivity contribution in [2.75, 3.05) is 13.2 Å².